The van der Waals surface area contributed by atoms with Crippen molar-refractivity contribution in [1.82, 2.24) is 4.90 Å². The zero-order valence-corrected chi connectivity index (χ0v) is 17.0. The number of carbonyl (C=O) groups is 2. The fourth-order valence-corrected chi connectivity index (χ4v) is 4.18. The molecule has 7 heteroatoms. The molecule has 0 N–H and O–H groups in total. The van der Waals surface area contributed by atoms with Gasteiger partial charge >= 0.3 is 0 Å². The molecule has 0 spiro atoms. The molecule has 0 saturated carbocycles. The molecule has 2 heterocycles. The molecule has 0 aliphatic carbocycles. The topological polar surface area (TPSA) is 43.9 Å². The Morgan fingerprint density at radius 2 is 1.63 bits per heavy atom. The van der Waals surface area contributed by atoms with Crippen LogP contribution in [-0.4, -0.2) is 48.9 Å². The minimum atomic E-state index is -0.373. The highest BCUT2D eigenvalue weighted by atomic mass is 79.9. The van der Waals surface area contributed by atoms with Crippen LogP contribution in [0.3, 0.4) is 0 Å². The second kappa shape index (κ2) is 7.62. The number of carbonyl (C=O) groups excluding carboxylic acids is 2. The van der Waals surface area contributed by atoms with Gasteiger partial charge < -0.3 is 4.90 Å². The Labute approximate surface area is 171 Å². The summed E-state index contributed by atoms with van der Waals surface area (Å²) in [5.41, 5.74) is 1.72. The second-order valence-corrected chi connectivity index (χ2v) is 8.12. The quantitative estimate of drug-likeness (QED) is 0.674. The number of anilines is 2. The largest absolute Gasteiger partial charge is 0.369 e. The molecule has 2 saturated heterocycles. The third-order valence-electron chi connectivity index (χ3n) is 5.14. The number of rotatable bonds is 3. The van der Waals surface area contributed by atoms with Gasteiger partial charge in [0.2, 0.25) is 5.91 Å². The first-order chi connectivity index (χ1) is 13.0. The molecule has 2 fully saturated rings. The lowest BCUT2D eigenvalue weighted by Crippen LogP contribution is -2.52. The normalized spacial score (nSPS) is 21.2. The first kappa shape index (κ1) is 18.5. The van der Waals surface area contributed by atoms with Crippen LogP contribution in [0, 0.1) is 0 Å². The maximum absolute atomic E-state index is 12.9. The van der Waals surface area contributed by atoms with Gasteiger partial charge in [-0.05, 0) is 42.5 Å². The van der Waals surface area contributed by atoms with E-state index < -0.39 is 0 Å². The Balaban J connectivity index is 1.43. The summed E-state index contributed by atoms with van der Waals surface area (Å²) >= 11 is 9.47. The van der Waals surface area contributed by atoms with E-state index in [0.29, 0.717) is 5.69 Å². The average molecular weight is 449 g/mol. The van der Waals surface area contributed by atoms with E-state index in [-0.39, 0.29) is 24.3 Å². The van der Waals surface area contributed by atoms with Crippen LogP contribution < -0.4 is 9.80 Å². The predicted octanol–water partition coefficient (Wildman–Crippen LogP) is 3.56. The van der Waals surface area contributed by atoms with Crippen molar-refractivity contribution in [2.45, 2.75) is 12.5 Å². The summed E-state index contributed by atoms with van der Waals surface area (Å²) in [6.45, 7) is 3.09. The van der Waals surface area contributed by atoms with Gasteiger partial charge in [-0.3, -0.25) is 14.5 Å². The van der Waals surface area contributed by atoms with E-state index in [9.17, 15) is 9.59 Å². The Kier molecular flexibility index (Phi) is 5.21. The van der Waals surface area contributed by atoms with Gasteiger partial charge in [-0.25, -0.2) is 4.90 Å². The van der Waals surface area contributed by atoms with Gasteiger partial charge in [0.1, 0.15) is 0 Å². The highest BCUT2D eigenvalue weighted by molar-refractivity contribution is 9.10. The maximum atomic E-state index is 12.9. The average Bonchev–Trinajstić information content (AvgIpc) is 2.97. The molecular formula is C20H19BrClN3O2. The van der Waals surface area contributed by atoms with Crippen molar-refractivity contribution in [2.24, 2.45) is 0 Å². The summed E-state index contributed by atoms with van der Waals surface area (Å²) in [6, 6.07) is 14.7. The molecule has 1 atom stereocenters. The maximum Gasteiger partial charge on any atom is 0.251 e. The highest BCUT2D eigenvalue weighted by Crippen LogP contribution is 2.28. The highest BCUT2D eigenvalue weighted by Gasteiger charge is 2.43. The van der Waals surface area contributed by atoms with Gasteiger partial charge in [-0.1, -0.05) is 33.6 Å². The molecule has 0 unspecified atom stereocenters. The van der Waals surface area contributed by atoms with E-state index in [4.69, 9.17) is 11.6 Å². The lowest BCUT2D eigenvalue weighted by Gasteiger charge is -2.38. The predicted molar refractivity (Wildman–Crippen MR) is 110 cm³/mol. The fourth-order valence-electron chi connectivity index (χ4n) is 3.73. The minimum Gasteiger partial charge on any atom is -0.369 e. The van der Waals surface area contributed by atoms with Crippen molar-refractivity contribution < 1.29 is 9.59 Å². The molecule has 2 aromatic rings. The molecule has 2 aliphatic rings. The molecule has 2 amide bonds. The Morgan fingerprint density at radius 3 is 2.30 bits per heavy atom. The Hall–Kier alpha value is -1.89. The van der Waals surface area contributed by atoms with E-state index in [1.54, 1.807) is 12.1 Å². The monoisotopic (exact) mass is 447 g/mol. The third-order valence-corrected chi connectivity index (χ3v) is 5.90. The van der Waals surface area contributed by atoms with Crippen LogP contribution in [0.5, 0.6) is 0 Å². The zero-order valence-electron chi connectivity index (χ0n) is 14.6. The second-order valence-electron chi connectivity index (χ2n) is 6.77. The molecule has 2 aliphatic heterocycles. The number of hydrogen-bond acceptors (Lipinski definition) is 4. The zero-order chi connectivity index (χ0) is 19.0. The van der Waals surface area contributed by atoms with Crippen molar-refractivity contribution in [3.05, 3.63) is 58.0 Å². The summed E-state index contributed by atoms with van der Waals surface area (Å²) in [5.74, 6) is -0.261. The molecule has 5 nitrogen and oxygen atoms in total. The first-order valence-corrected chi connectivity index (χ1v) is 10.1. The molecule has 0 aromatic heterocycles. The van der Waals surface area contributed by atoms with Gasteiger partial charge in [0, 0.05) is 41.4 Å². The number of hydrogen-bond donors (Lipinski definition) is 0. The summed E-state index contributed by atoms with van der Waals surface area (Å²) in [7, 11) is 0. The summed E-state index contributed by atoms with van der Waals surface area (Å²) in [5, 5.41) is 0.719. The summed E-state index contributed by atoms with van der Waals surface area (Å²) < 4.78 is 0.916. The van der Waals surface area contributed by atoms with Crippen molar-refractivity contribution in [2.75, 3.05) is 36.0 Å². The van der Waals surface area contributed by atoms with E-state index in [0.717, 1.165) is 41.4 Å². The van der Waals surface area contributed by atoms with Crippen molar-refractivity contribution in [3.8, 4) is 0 Å². The molecule has 140 valence electrons. The molecule has 27 heavy (non-hydrogen) atoms. The molecular weight excluding hydrogens is 430 g/mol. The number of amides is 2. The van der Waals surface area contributed by atoms with Crippen LogP contribution in [0.4, 0.5) is 11.4 Å². The minimum absolute atomic E-state index is 0.126. The van der Waals surface area contributed by atoms with E-state index >= 15 is 0 Å². The number of halogens is 2. The van der Waals surface area contributed by atoms with Crippen molar-refractivity contribution in [1.29, 1.82) is 0 Å². The van der Waals surface area contributed by atoms with Crippen LogP contribution in [0.25, 0.3) is 0 Å². The van der Waals surface area contributed by atoms with Crippen LogP contribution in [0.15, 0.2) is 53.0 Å². The lowest BCUT2D eigenvalue weighted by atomic mass is 10.1. The summed E-state index contributed by atoms with van der Waals surface area (Å²) in [4.78, 5) is 31.1. The SMILES string of the molecule is O=C1C[C@@H](N2CCN(c3cccc(Cl)c3)CC2)C(=O)N1c1ccc(Br)cc1. The Bertz CT molecular complexity index is 866. The summed E-state index contributed by atoms with van der Waals surface area (Å²) in [6.07, 6.45) is 0.242. The van der Waals surface area contributed by atoms with Crippen LogP contribution in [0.2, 0.25) is 5.02 Å². The van der Waals surface area contributed by atoms with Crippen LogP contribution >= 0.6 is 27.5 Å². The molecule has 0 bridgehead atoms. The smallest absolute Gasteiger partial charge is 0.251 e. The van der Waals surface area contributed by atoms with Gasteiger partial charge in [-0.15, -0.1) is 0 Å². The van der Waals surface area contributed by atoms with E-state index in [1.165, 1.54) is 4.90 Å². The van der Waals surface area contributed by atoms with Gasteiger partial charge in [-0.2, -0.15) is 0 Å². The first-order valence-electron chi connectivity index (χ1n) is 8.90. The number of piperazine rings is 1. The van der Waals surface area contributed by atoms with Gasteiger partial charge in [0.05, 0.1) is 18.2 Å². The molecule has 4 rings (SSSR count). The number of nitrogens with zero attached hydrogens (tertiary/aromatic N) is 3. The fraction of sp³-hybridized carbons (Fsp3) is 0.300. The Morgan fingerprint density at radius 1 is 0.926 bits per heavy atom. The van der Waals surface area contributed by atoms with Crippen molar-refractivity contribution in [3.63, 3.8) is 0 Å². The van der Waals surface area contributed by atoms with Crippen LogP contribution in [0.1, 0.15) is 6.42 Å². The third kappa shape index (κ3) is 3.74. The lowest BCUT2D eigenvalue weighted by molar-refractivity contribution is -0.123. The van der Waals surface area contributed by atoms with E-state index in [1.807, 2.05) is 36.4 Å². The number of imide groups is 1. The standard InChI is InChI=1S/C20H19BrClN3O2/c21-14-4-6-16(7-5-14)25-19(26)13-18(20(25)27)24-10-8-23(9-11-24)17-3-1-2-15(22)12-17/h1-7,12,18H,8-11,13H2/t18-/m1/s1. The van der Waals surface area contributed by atoms with Crippen LogP contribution in [-0.2, 0) is 9.59 Å². The van der Waals surface area contributed by atoms with Gasteiger partial charge in [0.25, 0.3) is 5.91 Å². The van der Waals surface area contributed by atoms with E-state index in [2.05, 4.69) is 25.7 Å². The number of benzene rings is 2. The van der Waals surface area contributed by atoms with Gasteiger partial charge in [0.15, 0.2) is 0 Å². The van der Waals surface area contributed by atoms with Crippen molar-refractivity contribution >= 4 is 50.7 Å². The molecule has 0 radical (unpaired) electrons. The molecule has 2 aromatic carbocycles.